The number of rotatable bonds is 4. The predicted octanol–water partition coefficient (Wildman–Crippen LogP) is 1.99. The summed E-state index contributed by atoms with van der Waals surface area (Å²) in [6.45, 7) is 0.757. The van der Waals surface area contributed by atoms with Crippen LogP contribution in [0.5, 0.6) is 0 Å². The van der Waals surface area contributed by atoms with Gasteiger partial charge in [-0.05, 0) is 25.2 Å². The Hall–Kier alpha value is -1.04. The van der Waals surface area contributed by atoms with Gasteiger partial charge >= 0.3 is 0 Å². The summed E-state index contributed by atoms with van der Waals surface area (Å²) >= 11 is 0. The zero-order valence-electron chi connectivity index (χ0n) is 9.09. The first kappa shape index (κ1) is 10.5. The Morgan fingerprint density at radius 2 is 2.07 bits per heavy atom. The molecule has 0 aromatic carbocycles. The normalized spacial score (nSPS) is 23.4. The number of nitrogens with one attached hydrogen (secondary N) is 1. The van der Waals surface area contributed by atoms with Crippen LogP contribution in [0.2, 0.25) is 0 Å². The van der Waals surface area contributed by atoms with Crippen molar-refractivity contribution >= 4 is 5.91 Å². The topological polar surface area (TPSA) is 52.9 Å². The highest BCUT2D eigenvalue weighted by Crippen LogP contribution is 2.44. The Balaban J connectivity index is 1.66. The van der Waals surface area contributed by atoms with Crippen LogP contribution in [0.4, 0.5) is 0 Å². The molecule has 15 heavy (non-hydrogen) atoms. The number of hydrogen-bond donors (Lipinski definition) is 1. The van der Waals surface area contributed by atoms with Crippen molar-refractivity contribution in [3.63, 3.8) is 0 Å². The van der Waals surface area contributed by atoms with Crippen molar-refractivity contribution in [2.24, 2.45) is 11.3 Å². The molecule has 0 saturated heterocycles. The summed E-state index contributed by atoms with van der Waals surface area (Å²) in [5.74, 6) is 0.769. The number of carbonyl (C=O) groups excluding carboxylic acids is 1. The van der Waals surface area contributed by atoms with Crippen molar-refractivity contribution in [1.29, 1.82) is 5.26 Å². The molecule has 3 nitrogen and oxygen atoms in total. The molecule has 0 atom stereocenters. The maximum absolute atomic E-state index is 11.6. The van der Waals surface area contributed by atoms with E-state index in [1.807, 2.05) is 0 Å². The van der Waals surface area contributed by atoms with Gasteiger partial charge in [0.05, 0.1) is 6.07 Å². The first-order valence-electron chi connectivity index (χ1n) is 5.96. The molecule has 0 bridgehead atoms. The lowest BCUT2D eigenvalue weighted by Crippen LogP contribution is -2.32. The van der Waals surface area contributed by atoms with E-state index in [2.05, 4.69) is 11.4 Å². The molecule has 0 radical (unpaired) electrons. The Labute approximate surface area is 90.8 Å². The standard InChI is InChI=1S/C12H18N2O/c13-9-12(6-7-12)11(15)14-8-5-10-3-1-2-4-10/h10H,1-8H2,(H,14,15). The highest BCUT2D eigenvalue weighted by Gasteiger charge is 2.50. The molecule has 2 aliphatic carbocycles. The lowest BCUT2D eigenvalue weighted by molar-refractivity contribution is -0.124. The zero-order valence-corrected chi connectivity index (χ0v) is 9.09. The molecule has 82 valence electrons. The predicted molar refractivity (Wildman–Crippen MR) is 56.9 cm³/mol. The molecule has 2 fully saturated rings. The van der Waals surface area contributed by atoms with E-state index in [0.717, 1.165) is 31.7 Å². The summed E-state index contributed by atoms with van der Waals surface area (Å²) in [6, 6.07) is 2.12. The van der Waals surface area contributed by atoms with Crippen LogP contribution < -0.4 is 5.32 Å². The second kappa shape index (κ2) is 4.22. The Kier molecular flexibility index (Phi) is 2.95. The lowest BCUT2D eigenvalue weighted by Gasteiger charge is -2.11. The van der Waals surface area contributed by atoms with Gasteiger partial charge in [-0.15, -0.1) is 0 Å². The number of carbonyl (C=O) groups is 1. The van der Waals surface area contributed by atoms with Crippen molar-refractivity contribution in [2.45, 2.75) is 44.9 Å². The van der Waals surface area contributed by atoms with Crippen molar-refractivity contribution in [3.05, 3.63) is 0 Å². The van der Waals surface area contributed by atoms with Gasteiger partial charge in [-0.2, -0.15) is 5.26 Å². The molecule has 2 rings (SSSR count). The highest BCUT2D eigenvalue weighted by molar-refractivity contribution is 5.88. The van der Waals surface area contributed by atoms with Gasteiger partial charge in [0.15, 0.2) is 0 Å². The molecule has 2 aliphatic rings. The van der Waals surface area contributed by atoms with Gasteiger partial charge in [-0.25, -0.2) is 0 Å². The maximum Gasteiger partial charge on any atom is 0.240 e. The van der Waals surface area contributed by atoms with Gasteiger partial charge < -0.3 is 5.32 Å². The van der Waals surface area contributed by atoms with Crippen LogP contribution in [-0.4, -0.2) is 12.5 Å². The van der Waals surface area contributed by atoms with E-state index >= 15 is 0 Å². The van der Waals surface area contributed by atoms with Gasteiger partial charge in [0.2, 0.25) is 5.91 Å². The molecule has 0 aromatic heterocycles. The number of nitrogens with zero attached hydrogens (tertiary/aromatic N) is 1. The summed E-state index contributed by atoms with van der Waals surface area (Å²) in [4.78, 5) is 11.6. The van der Waals surface area contributed by atoms with Crippen molar-refractivity contribution in [1.82, 2.24) is 5.32 Å². The van der Waals surface area contributed by atoms with Crippen LogP contribution in [0.3, 0.4) is 0 Å². The van der Waals surface area contributed by atoms with E-state index in [4.69, 9.17) is 5.26 Å². The van der Waals surface area contributed by atoms with Crippen LogP contribution in [0.1, 0.15) is 44.9 Å². The monoisotopic (exact) mass is 206 g/mol. The van der Waals surface area contributed by atoms with E-state index in [0.29, 0.717) is 0 Å². The molecule has 0 aliphatic heterocycles. The zero-order chi connectivity index (χ0) is 10.7. The van der Waals surface area contributed by atoms with Crippen LogP contribution in [-0.2, 0) is 4.79 Å². The Bertz CT molecular complexity index is 282. The Morgan fingerprint density at radius 1 is 1.40 bits per heavy atom. The molecule has 0 unspecified atom stereocenters. The quantitative estimate of drug-likeness (QED) is 0.764. The third-order valence-electron chi connectivity index (χ3n) is 3.71. The molecule has 0 aromatic rings. The van der Waals surface area contributed by atoms with E-state index < -0.39 is 5.41 Å². The minimum absolute atomic E-state index is 0.0389. The van der Waals surface area contributed by atoms with Gasteiger partial charge in [0.25, 0.3) is 0 Å². The number of hydrogen-bond acceptors (Lipinski definition) is 2. The average Bonchev–Trinajstić information content (AvgIpc) is 2.90. The third kappa shape index (κ3) is 2.31. The van der Waals surface area contributed by atoms with Gasteiger partial charge in [-0.3, -0.25) is 4.79 Å². The van der Waals surface area contributed by atoms with Crippen LogP contribution in [0.25, 0.3) is 0 Å². The minimum Gasteiger partial charge on any atom is -0.355 e. The van der Waals surface area contributed by atoms with Gasteiger partial charge in [0.1, 0.15) is 5.41 Å². The van der Waals surface area contributed by atoms with E-state index in [1.54, 1.807) is 0 Å². The number of nitriles is 1. The summed E-state index contributed by atoms with van der Waals surface area (Å²) in [5, 5.41) is 11.7. The van der Waals surface area contributed by atoms with Gasteiger partial charge in [0, 0.05) is 6.54 Å². The SMILES string of the molecule is N#CC1(C(=O)NCCC2CCCC2)CC1. The molecule has 1 amide bonds. The van der Waals surface area contributed by atoms with Crippen LogP contribution in [0.15, 0.2) is 0 Å². The van der Waals surface area contributed by atoms with E-state index in [-0.39, 0.29) is 5.91 Å². The van der Waals surface area contributed by atoms with Crippen molar-refractivity contribution in [2.75, 3.05) is 6.54 Å². The maximum atomic E-state index is 11.6. The average molecular weight is 206 g/mol. The molecule has 0 heterocycles. The minimum atomic E-state index is -0.643. The lowest BCUT2D eigenvalue weighted by atomic mass is 10.0. The fourth-order valence-electron chi connectivity index (χ4n) is 2.37. The summed E-state index contributed by atoms with van der Waals surface area (Å²) < 4.78 is 0. The summed E-state index contributed by atoms with van der Waals surface area (Å²) in [6.07, 6.45) is 7.92. The van der Waals surface area contributed by atoms with Crippen LogP contribution in [0, 0.1) is 22.7 Å². The number of amides is 1. The van der Waals surface area contributed by atoms with Gasteiger partial charge in [-0.1, -0.05) is 25.7 Å². The smallest absolute Gasteiger partial charge is 0.240 e. The van der Waals surface area contributed by atoms with Crippen molar-refractivity contribution < 1.29 is 4.79 Å². The third-order valence-corrected chi connectivity index (χ3v) is 3.71. The fourth-order valence-corrected chi connectivity index (χ4v) is 2.37. The van der Waals surface area contributed by atoms with E-state index in [1.165, 1.54) is 25.7 Å². The molecule has 2 saturated carbocycles. The van der Waals surface area contributed by atoms with Crippen molar-refractivity contribution in [3.8, 4) is 6.07 Å². The second-order valence-corrected chi connectivity index (χ2v) is 4.89. The largest absolute Gasteiger partial charge is 0.355 e. The second-order valence-electron chi connectivity index (χ2n) is 4.89. The molecule has 0 spiro atoms. The highest BCUT2D eigenvalue weighted by atomic mass is 16.2. The molecular formula is C12H18N2O. The first-order chi connectivity index (χ1) is 7.27. The first-order valence-corrected chi connectivity index (χ1v) is 5.96. The van der Waals surface area contributed by atoms with Crippen LogP contribution >= 0.6 is 0 Å². The summed E-state index contributed by atoms with van der Waals surface area (Å²) in [5.41, 5.74) is -0.643. The molecular weight excluding hydrogens is 188 g/mol. The van der Waals surface area contributed by atoms with E-state index in [9.17, 15) is 4.79 Å². The Morgan fingerprint density at radius 3 is 2.60 bits per heavy atom. The molecule has 3 heteroatoms. The summed E-state index contributed by atoms with van der Waals surface area (Å²) in [7, 11) is 0. The molecule has 1 N–H and O–H groups in total. The fraction of sp³-hybridized carbons (Fsp3) is 0.833.